The van der Waals surface area contributed by atoms with Crippen molar-refractivity contribution in [2.45, 2.75) is 63.3 Å². The fourth-order valence-electron chi connectivity index (χ4n) is 4.45. The van der Waals surface area contributed by atoms with Crippen LogP contribution >= 0.6 is 0 Å². The van der Waals surface area contributed by atoms with Gasteiger partial charge in [0.25, 0.3) is 5.91 Å². The maximum Gasteiger partial charge on any atom is 0.251 e. The van der Waals surface area contributed by atoms with Crippen molar-refractivity contribution in [2.24, 2.45) is 0 Å². The Balaban J connectivity index is 1.48. The quantitative estimate of drug-likeness (QED) is 0.355. The number of aliphatic hydroxyl groups is 1. The molecule has 1 amide bonds. The van der Waals surface area contributed by atoms with Gasteiger partial charge in [-0.2, -0.15) is 0 Å². The first-order chi connectivity index (χ1) is 17.5. The van der Waals surface area contributed by atoms with Gasteiger partial charge in [0, 0.05) is 23.7 Å². The summed E-state index contributed by atoms with van der Waals surface area (Å²) in [5, 5.41) is 17.5. The maximum atomic E-state index is 13.8. The molecule has 0 bridgehead atoms. The van der Waals surface area contributed by atoms with Crippen molar-refractivity contribution in [2.75, 3.05) is 6.54 Å². The van der Waals surface area contributed by atoms with Crippen LogP contribution in [0.2, 0.25) is 0 Å². The third-order valence-electron chi connectivity index (χ3n) is 6.41. The highest BCUT2D eigenvalue weighted by Crippen LogP contribution is 2.46. The maximum absolute atomic E-state index is 13.8. The first-order valence-corrected chi connectivity index (χ1v) is 12.6. The third kappa shape index (κ3) is 7.37. The highest BCUT2D eigenvalue weighted by Gasteiger charge is 2.44. The molecule has 196 valence electrons. The van der Waals surface area contributed by atoms with Crippen LogP contribution in [0, 0.1) is 11.6 Å². The van der Waals surface area contributed by atoms with Gasteiger partial charge >= 0.3 is 0 Å². The SMILES string of the molecule is CC(C)(C)Oc1cccc(C2(NCC(O)C(Cc3cc(F)cc(F)c3)NC(=O)c3ccccc3)CC2)c1. The smallest absolute Gasteiger partial charge is 0.251 e. The molecule has 7 heteroatoms. The number of nitrogens with one attached hydrogen (secondary N) is 2. The van der Waals surface area contributed by atoms with Crippen LogP contribution in [0.25, 0.3) is 0 Å². The van der Waals surface area contributed by atoms with Gasteiger partial charge in [-0.3, -0.25) is 4.79 Å². The van der Waals surface area contributed by atoms with Crippen LogP contribution in [0.3, 0.4) is 0 Å². The van der Waals surface area contributed by atoms with Gasteiger partial charge in [0.15, 0.2) is 0 Å². The van der Waals surface area contributed by atoms with Gasteiger partial charge in [0.05, 0.1) is 12.1 Å². The molecular weight excluding hydrogens is 474 g/mol. The minimum atomic E-state index is -1.01. The minimum Gasteiger partial charge on any atom is -0.488 e. The van der Waals surface area contributed by atoms with E-state index < -0.39 is 23.8 Å². The van der Waals surface area contributed by atoms with Gasteiger partial charge in [0.2, 0.25) is 0 Å². The molecule has 0 saturated heterocycles. The first kappa shape index (κ1) is 26.8. The Hall–Kier alpha value is -3.29. The summed E-state index contributed by atoms with van der Waals surface area (Å²) < 4.78 is 33.7. The van der Waals surface area contributed by atoms with Gasteiger partial charge in [-0.15, -0.1) is 0 Å². The lowest BCUT2D eigenvalue weighted by Gasteiger charge is -2.28. The molecule has 1 aliphatic carbocycles. The molecule has 0 heterocycles. The van der Waals surface area contributed by atoms with Crippen molar-refractivity contribution in [3.63, 3.8) is 0 Å². The second-order valence-corrected chi connectivity index (χ2v) is 10.7. The summed E-state index contributed by atoms with van der Waals surface area (Å²) in [6, 6.07) is 19.0. The van der Waals surface area contributed by atoms with Crippen molar-refractivity contribution in [1.82, 2.24) is 10.6 Å². The molecule has 5 nitrogen and oxygen atoms in total. The summed E-state index contributed by atoms with van der Waals surface area (Å²) in [5.74, 6) is -0.996. The minimum absolute atomic E-state index is 0.0675. The van der Waals surface area contributed by atoms with Crippen molar-refractivity contribution in [3.05, 3.63) is 101 Å². The lowest BCUT2D eigenvalue weighted by atomic mass is 9.99. The Morgan fingerprint density at radius 2 is 1.68 bits per heavy atom. The predicted octanol–water partition coefficient (Wildman–Crippen LogP) is 5.12. The molecule has 4 rings (SSSR count). The summed E-state index contributed by atoms with van der Waals surface area (Å²) in [6.45, 7) is 6.17. The Bertz CT molecular complexity index is 1200. The number of hydrogen-bond donors (Lipinski definition) is 3. The van der Waals surface area contributed by atoms with Crippen LogP contribution in [-0.2, 0) is 12.0 Å². The number of halogens is 2. The molecule has 3 N–H and O–H groups in total. The number of benzene rings is 3. The molecule has 0 aromatic heterocycles. The van der Waals surface area contributed by atoms with E-state index in [1.54, 1.807) is 30.3 Å². The first-order valence-electron chi connectivity index (χ1n) is 12.6. The van der Waals surface area contributed by atoms with E-state index in [9.17, 15) is 18.7 Å². The normalized spacial score (nSPS) is 16.1. The second kappa shape index (κ2) is 11.0. The summed E-state index contributed by atoms with van der Waals surface area (Å²) in [6.07, 6.45) is 0.854. The van der Waals surface area contributed by atoms with Gasteiger partial charge in [-0.25, -0.2) is 8.78 Å². The molecule has 1 fully saturated rings. The zero-order valence-electron chi connectivity index (χ0n) is 21.4. The van der Waals surface area contributed by atoms with Crippen molar-refractivity contribution in [3.8, 4) is 5.75 Å². The Kier molecular flexibility index (Phi) is 7.95. The predicted molar refractivity (Wildman–Crippen MR) is 140 cm³/mol. The van der Waals surface area contributed by atoms with Crippen LogP contribution in [-0.4, -0.2) is 35.3 Å². The number of carbonyl (C=O) groups is 1. The van der Waals surface area contributed by atoms with Gasteiger partial charge < -0.3 is 20.5 Å². The van der Waals surface area contributed by atoms with E-state index in [2.05, 4.69) is 10.6 Å². The standard InChI is InChI=1S/C30H34F2N2O3/c1-29(2,3)37-25-11-7-10-22(17-25)30(12-13-30)33-19-27(35)26(16-20-14-23(31)18-24(32)15-20)34-28(36)21-8-5-4-6-9-21/h4-11,14-15,17-18,26-27,33,35H,12-13,16,19H2,1-3H3,(H,34,36). The average Bonchev–Trinajstić information content (AvgIpc) is 3.62. The largest absolute Gasteiger partial charge is 0.488 e. The molecule has 37 heavy (non-hydrogen) atoms. The lowest BCUT2D eigenvalue weighted by Crippen LogP contribution is -2.50. The van der Waals surface area contributed by atoms with E-state index in [4.69, 9.17) is 4.74 Å². The molecule has 1 aliphatic rings. The molecule has 2 unspecified atom stereocenters. The monoisotopic (exact) mass is 508 g/mol. The molecule has 0 aliphatic heterocycles. The molecule has 2 atom stereocenters. The Morgan fingerprint density at radius 1 is 1.00 bits per heavy atom. The number of aliphatic hydroxyl groups excluding tert-OH is 1. The molecule has 0 spiro atoms. The fraction of sp³-hybridized carbons (Fsp3) is 0.367. The summed E-state index contributed by atoms with van der Waals surface area (Å²) in [5.41, 5.74) is 1.24. The van der Waals surface area contributed by atoms with E-state index in [0.717, 1.165) is 30.2 Å². The molecule has 0 radical (unpaired) electrons. The molecule has 3 aromatic carbocycles. The van der Waals surface area contributed by atoms with E-state index in [1.807, 2.05) is 45.0 Å². The Morgan fingerprint density at radius 3 is 2.30 bits per heavy atom. The van der Waals surface area contributed by atoms with E-state index in [0.29, 0.717) is 11.1 Å². The zero-order chi connectivity index (χ0) is 26.6. The number of rotatable bonds is 10. The molecule has 3 aromatic rings. The van der Waals surface area contributed by atoms with Crippen LogP contribution in [0.1, 0.15) is 55.1 Å². The van der Waals surface area contributed by atoms with E-state index in [1.165, 1.54) is 12.1 Å². The second-order valence-electron chi connectivity index (χ2n) is 10.7. The fourth-order valence-corrected chi connectivity index (χ4v) is 4.45. The summed E-state index contributed by atoms with van der Waals surface area (Å²) >= 11 is 0. The van der Waals surface area contributed by atoms with Crippen LogP contribution in [0.15, 0.2) is 72.8 Å². The zero-order valence-corrected chi connectivity index (χ0v) is 21.4. The van der Waals surface area contributed by atoms with Crippen LogP contribution in [0.5, 0.6) is 5.75 Å². The number of hydrogen-bond acceptors (Lipinski definition) is 4. The van der Waals surface area contributed by atoms with Gasteiger partial charge in [0.1, 0.15) is 23.0 Å². The van der Waals surface area contributed by atoms with Crippen LogP contribution < -0.4 is 15.4 Å². The van der Waals surface area contributed by atoms with Crippen molar-refractivity contribution < 1.29 is 23.4 Å². The average molecular weight is 509 g/mol. The lowest BCUT2D eigenvalue weighted by molar-refractivity contribution is 0.0821. The van der Waals surface area contributed by atoms with Crippen LogP contribution in [0.4, 0.5) is 8.78 Å². The van der Waals surface area contributed by atoms with Crippen molar-refractivity contribution in [1.29, 1.82) is 0 Å². The number of amides is 1. The van der Waals surface area contributed by atoms with Gasteiger partial charge in [-0.1, -0.05) is 30.3 Å². The number of ether oxygens (including phenoxy) is 1. The van der Waals surface area contributed by atoms with Gasteiger partial charge in [-0.05, 0) is 87.6 Å². The molecule has 1 saturated carbocycles. The summed E-state index contributed by atoms with van der Waals surface area (Å²) in [4.78, 5) is 12.9. The third-order valence-corrected chi connectivity index (χ3v) is 6.41. The highest BCUT2D eigenvalue weighted by atomic mass is 19.1. The van der Waals surface area contributed by atoms with E-state index in [-0.39, 0.29) is 30.0 Å². The van der Waals surface area contributed by atoms with E-state index >= 15 is 0 Å². The highest BCUT2D eigenvalue weighted by molar-refractivity contribution is 5.94. The molecular formula is C30H34F2N2O3. The van der Waals surface area contributed by atoms with Crippen molar-refractivity contribution >= 4 is 5.91 Å². The Labute approximate surface area is 216 Å². The topological polar surface area (TPSA) is 70.6 Å². The summed E-state index contributed by atoms with van der Waals surface area (Å²) in [7, 11) is 0. The number of carbonyl (C=O) groups excluding carboxylic acids is 1.